The molecule has 1 aromatic rings. The summed E-state index contributed by atoms with van der Waals surface area (Å²) in [6, 6.07) is 3.95. The third-order valence-corrected chi connectivity index (χ3v) is 5.54. The molecule has 2 fully saturated rings. The van der Waals surface area contributed by atoms with E-state index in [4.69, 9.17) is 23.6 Å². The second-order valence-electron chi connectivity index (χ2n) is 7.81. The van der Waals surface area contributed by atoms with Crippen LogP contribution < -0.4 is 5.32 Å². The zero-order valence-electron chi connectivity index (χ0n) is 17.8. The van der Waals surface area contributed by atoms with Gasteiger partial charge >= 0.3 is 0 Å². The van der Waals surface area contributed by atoms with E-state index in [0.29, 0.717) is 6.10 Å². The van der Waals surface area contributed by atoms with Crippen LogP contribution in [0.1, 0.15) is 44.3 Å². The van der Waals surface area contributed by atoms with Crippen LogP contribution in [-0.4, -0.2) is 76.2 Å². The Morgan fingerprint density at radius 3 is 2.86 bits per heavy atom. The van der Waals surface area contributed by atoms with Gasteiger partial charge in [-0.2, -0.15) is 0 Å². The number of guanidine groups is 1. The zero-order chi connectivity index (χ0) is 20.2. The normalized spacial score (nSPS) is 21.5. The van der Waals surface area contributed by atoms with Gasteiger partial charge in [0.25, 0.3) is 0 Å². The van der Waals surface area contributed by atoms with Gasteiger partial charge in [0.15, 0.2) is 5.96 Å². The van der Waals surface area contributed by atoms with Gasteiger partial charge in [-0.15, -0.1) is 0 Å². The minimum absolute atomic E-state index is 0.257. The Morgan fingerprint density at radius 2 is 2.14 bits per heavy atom. The average molecular weight is 408 g/mol. The second kappa shape index (κ2) is 12.9. The third-order valence-electron chi connectivity index (χ3n) is 5.54. The maximum atomic E-state index is 6.00. The maximum absolute atomic E-state index is 6.00. The van der Waals surface area contributed by atoms with E-state index in [2.05, 4.69) is 10.2 Å². The molecule has 164 valence electrons. The Balaban J connectivity index is 1.47. The SMILES string of the molecule is COCCCOC1CCN(C(=NCC2CCCCO2)NCCc2ccco2)CC1. The van der Waals surface area contributed by atoms with E-state index in [1.54, 1.807) is 13.4 Å². The fourth-order valence-corrected chi connectivity index (χ4v) is 3.85. The van der Waals surface area contributed by atoms with Crippen molar-refractivity contribution in [1.82, 2.24) is 10.2 Å². The van der Waals surface area contributed by atoms with Crippen molar-refractivity contribution in [3.63, 3.8) is 0 Å². The van der Waals surface area contributed by atoms with E-state index in [9.17, 15) is 0 Å². The Labute approximate surface area is 174 Å². The average Bonchev–Trinajstić information content (AvgIpc) is 3.28. The van der Waals surface area contributed by atoms with Gasteiger partial charge in [0.2, 0.25) is 0 Å². The van der Waals surface area contributed by atoms with Crippen LogP contribution in [-0.2, 0) is 20.6 Å². The first-order valence-electron chi connectivity index (χ1n) is 11.1. The highest BCUT2D eigenvalue weighted by molar-refractivity contribution is 5.80. The molecule has 1 unspecified atom stereocenters. The number of nitrogens with one attached hydrogen (secondary N) is 1. The number of rotatable bonds is 10. The standard InChI is InChI=1S/C22H37N3O4/c1-26-14-5-17-28-20-9-12-25(13-10-20)22(23-11-8-19-7-4-16-27-19)24-18-21-6-2-3-15-29-21/h4,7,16,20-21H,2-3,5-6,8-15,17-18H2,1H3,(H,23,24). The van der Waals surface area contributed by atoms with E-state index in [1.165, 1.54) is 12.8 Å². The highest BCUT2D eigenvalue weighted by Crippen LogP contribution is 2.16. The third kappa shape index (κ3) is 7.99. The summed E-state index contributed by atoms with van der Waals surface area (Å²) in [7, 11) is 1.73. The summed E-state index contributed by atoms with van der Waals surface area (Å²) in [4.78, 5) is 7.28. The lowest BCUT2D eigenvalue weighted by molar-refractivity contribution is 0.00938. The van der Waals surface area contributed by atoms with E-state index >= 15 is 0 Å². The summed E-state index contributed by atoms with van der Waals surface area (Å²) in [6.07, 6.45) is 9.73. The Kier molecular flexibility index (Phi) is 9.82. The summed E-state index contributed by atoms with van der Waals surface area (Å²) < 4.78 is 22.4. The zero-order valence-corrected chi connectivity index (χ0v) is 17.8. The lowest BCUT2D eigenvalue weighted by Gasteiger charge is -2.34. The smallest absolute Gasteiger partial charge is 0.194 e. The number of ether oxygens (including phenoxy) is 3. The monoisotopic (exact) mass is 407 g/mol. The molecule has 2 aliphatic rings. The van der Waals surface area contributed by atoms with Crippen molar-refractivity contribution in [2.24, 2.45) is 4.99 Å². The van der Waals surface area contributed by atoms with Crippen LogP contribution in [0.15, 0.2) is 27.8 Å². The van der Waals surface area contributed by atoms with Crippen LogP contribution in [0.5, 0.6) is 0 Å². The van der Waals surface area contributed by atoms with Gasteiger partial charge in [0, 0.05) is 53.0 Å². The molecule has 0 aliphatic carbocycles. The minimum Gasteiger partial charge on any atom is -0.469 e. The number of piperidine rings is 1. The van der Waals surface area contributed by atoms with E-state index in [0.717, 1.165) is 89.8 Å². The molecule has 3 heterocycles. The molecule has 2 saturated heterocycles. The number of hydrogen-bond donors (Lipinski definition) is 1. The van der Waals surface area contributed by atoms with Gasteiger partial charge < -0.3 is 28.8 Å². The molecule has 1 aromatic heterocycles. The molecule has 29 heavy (non-hydrogen) atoms. The van der Waals surface area contributed by atoms with Crippen LogP contribution in [0.25, 0.3) is 0 Å². The summed E-state index contributed by atoms with van der Waals surface area (Å²) in [6.45, 7) is 5.88. The van der Waals surface area contributed by atoms with Crippen molar-refractivity contribution < 1.29 is 18.6 Å². The van der Waals surface area contributed by atoms with Gasteiger partial charge in [-0.25, -0.2) is 0 Å². The van der Waals surface area contributed by atoms with E-state index in [1.807, 2.05) is 12.1 Å². The molecule has 7 nitrogen and oxygen atoms in total. The lowest BCUT2D eigenvalue weighted by Crippen LogP contribution is -2.48. The number of aliphatic imine (C=N–C) groups is 1. The number of hydrogen-bond acceptors (Lipinski definition) is 5. The Bertz CT molecular complexity index is 565. The van der Waals surface area contributed by atoms with E-state index < -0.39 is 0 Å². The fraction of sp³-hybridized carbons (Fsp3) is 0.773. The first-order chi connectivity index (χ1) is 14.3. The summed E-state index contributed by atoms with van der Waals surface area (Å²) >= 11 is 0. The molecular formula is C22H37N3O4. The first-order valence-corrected chi connectivity index (χ1v) is 11.1. The molecule has 1 atom stereocenters. The van der Waals surface area contributed by atoms with Crippen LogP contribution in [0.2, 0.25) is 0 Å². The van der Waals surface area contributed by atoms with Gasteiger partial charge in [0.05, 0.1) is 25.0 Å². The number of likely N-dealkylation sites (tertiary alicyclic amines) is 1. The predicted molar refractivity (Wildman–Crippen MR) is 113 cm³/mol. The van der Waals surface area contributed by atoms with E-state index in [-0.39, 0.29) is 6.10 Å². The molecule has 0 amide bonds. The van der Waals surface area contributed by atoms with Crippen molar-refractivity contribution in [3.8, 4) is 0 Å². The second-order valence-corrected chi connectivity index (χ2v) is 7.81. The molecule has 3 rings (SSSR count). The number of methoxy groups -OCH3 is 1. The predicted octanol–water partition coefficient (Wildman–Crippen LogP) is 2.85. The molecular weight excluding hydrogens is 370 g/mol. The highest BCUT2D eigenvalue weighted by atomic mass is 16.5. The largest absolute Gasteiger partial charge is 0.469 e. The van der Waals surface area contributed by atoms with Gasteiger partial charge in [-0.05, 0) is 50.7 Å². The maximum Gasteiger partial charge on any atom is 0.194 e. The Morgan fingerprint density at radius 1 is 1.24 bits per heavy atom. The first kappa shape index (κ1) is 22.1. The summed E-state index contributed by atoms with van der Waals surface area (Å²) in [5, 5.41) is 3.55. The quantitative estimate of drug-likeness (QED) is 0.365. The van der Waals surface area contributed by atoms with Crippen LogP contribution >= 0.6 is 0 Å². The topological polar surface area (TPSA) is 68.5 Å². The van der Waals surface area contributed by atoms with Crippen LogP contribution in [0.3, 0.4) is 0 Å². The van der Waals surface area contributed by atoms with Gasteiger partial charge in [-0.3, -0.25) is 4.99 Å². The molecule has 0 radical (unpaired) electrons. The molecule has 0 bridgehead atoms. The van der Waals surface area contributed by atoms with Crippen molar-refractivity contribution in [2.75, 3.05) is 53.1 Å². The summed E-state index contributed by atoms with van der Waals surface area (Å²) in [5.41, 5.74) is 0. The van der Waals surface area contributed by atoms with Crippen LogP contribution in [0, 0.1) is 0 Å². The molecule has 0 saturated carbocycles. The molecule has 1 N–H and O–H groups in total. The van der Waals surface area contributed by atoms with Crippen molar-refractivity contribution in [1.29, 1.82) is 0 Å². The lowest BCUT2D eigenvalue weighted by atomic mass is 10.1. The van der Waals surface area contributed by atoms with Gasteiger partial charge in [-0.1, -0.05) is 0 Å². The Hall–Kier alpha value is -1.57. The number of nitrogens with zero attached hydrogens (tertiary/aromatic N) is 2. The minimum atomic E-state index is 0.257. The van der Waals surface area contributed by atoms with Crippen molar-refractivity contribution >= 4 is 5.96 Å². The van der Waals surface area contributed by atoms with Crippen molar-refractivity contribution in [2.45, 2.75) is 57.2 Å². The number of furan rings is 1. The molecule has 7 heteroatoms. The fourth-order valence-electron chi connectivity index (χ4n) is 3.85. The molecule has 0 spiro atoms. The van der Waals surface area contributed by atoms with Gasteiger partial charge in [0.1, 0.15) is 5.76 Å². The van der Waals surface area contributed by atoms with Crippen molar-refractivity contribution in [3.05, 3.63) is 24.2 Å². The molecule has 2 aliphatic heterocycles. The van der Waals surface area contributed by atoms with Crippen LogP contribution in [0.4, 0.5) is 0 Å². The summed E-state index contributed by atoms with van der Waals surface area (Å²) in [5.74, 6) is 1.99. The molecule has 0 aromatic carbocycles. The highest BCUT2D eigenvalue weighted by Gasteiger charge is 2.23.